The van der Waals surface area contributed by atoms with Crippen molar-refractivity contribution in [3.05, 3.63) is 35.6 Å². The molecule has 5 nitrogen and oxygen atoms in total. The van der Waals surface area contributed by atoms with E-state index in [1.54, 1.807) is 12.1 Å². The minimum absolute atomic E-state index is 0.101. The Hall–Kier alpha value is -1.79. The SMILES string of the molecule is O=C1C[C@@H](N2CCN(C3CCCCC3)CC2)C(=O)N1Cc1ccc(F)cc1. The molecule has 0 bridgehead atoms. The minimum Gasteiger partial charge on any atom is -0.298 e. The quantitative estimate of drug-likeness (QED) is 0.761. The first-order valence-corrected chi connectivity index (χ1v) is 10.2. The first-order chi connectivity index (χ1) is 13.1. The summed E-state index contributed by atoms with van der Waals surface area (Å²) in [5.41, 5.74) is 0.779. The van der Waals surface area contributed by atoms with Crippen molar-refractivity contribution in [3.63, 3.8) is 0 Å². The molecule has 2 amide bonds. The van der Waals surface area contributed by atoms with Crippen molar-refractivity contribution in [3.8, 4) is 0 Å². The summed E-state index contributed by atoms with van der Waals surface area (Å²) in [7, 11) is 0. The molecule has 1 aromatic carbocycles. The lowest BCUT2D eigenvalue weighted by atomic mass is 9.93. The van der Waals surface area contributed by atoms with E-state index in [1.165, 1.54) is 49.1 Å². The van der Waals surface area contributed by atoms with Crippen LogP contribution >= 0.6 is 0 Å². The molecular weight excluding hydrogens is 345 g/mol. The van der Waals surface area contributed by atoms with E-state index in [2.05, 4.69) is 9.80 Å². The third kappa shape index (κ3) is 4.06. The van der Waals surface area contributed by atoms with Crippen LogP contribution in [0.2, 0.25) is 0 Å². The number of hydrogen-bond donors (Lipinski definition) is 0. The Balaban J connectivity index is 1.34. The summed E-state index contributed by atoms with van der Waals surface area (Å²) in [4.78, 5) is 31.4. The Morgan fingerprint density at radius 2 is 1.52 bits per heavy atom. The lowest BCUT2D eigenvalue weighted by molar-refractivity contribution is -0.140. The van der Waals surface area contributed by atoms with Crippen LogP contribution in [0.4, 0.5) is 4.39 Å². The van der Waals surface area contributed by atoms with Crippen molar-refractivity contribution in [2.24, 2.45) is 0 Å². The fourth-order valence-electron chi connectivity index (χ4n) is 4.75. The predicted octanol–water partition coefficient (Wildman–Crippen LogP) is 2.40. The molecule has 27 heavy (non-hydrogen) atoms. The van der Waals surface area contributed by atoms with E-state index < -0.39 is 0 Å². The van der Waals surface area contributed by atoms with E-state index in [4.69, 9.17) is 0 Å². The van der Waals surface area contributed by atoms with Crippen LogP contribution in [0.3, 0.4) is 0 Å². The van der Waals surface area contributed by atoms with Crippen molar-refractivity contribution in [2.75, 3.05) is 26.2 Å². The van der Waals surface area contributed by atoms with Gasteiger partial charge in [0.05, 0.1) is 19.0 Å². The first-order valence-electron chi connectivity index (χ1n) is 10.2. The van der Waals surface area contributed by atoms with E-state index in [9.17, 15) is 14.0 Å². The standard InChI is InChI=1S/C21H28FN3O2/c22-17-8-6-16(7-9-17)15-25-20(26)14-19(21(25)27)24-12-10-23(11-13-24)18-4-2-1-3-5-18/h6-9,18-19H,1-5,10-15H2/t19-/m1/s1. The Bertz CT molecular complexity index is 679. The summed E-state index contributed by atoms with van der Waals surface area (Å²) in [6, 6.07) is 6.37. The zero-order valence-corrected chi connectivity index (χ0v) is 15.8. The van der Waals surface area contributed by atoms with Gasteiger partial charge in [0.15, 0.2) is 0 Å². The van der Waals surface area contributed by atoms with Gasteiger partial charge in [-0.15, -0.1) is 0 Å². The number of halogens is 1. The zero-order valence-electron chi connectivity index (χ0n) is 15.8. The van der Waals surface area contributed by atoms with Crippen LogP contribution in [0.15, 0.2) is 24.3 Å². The zero-order chi connectivity index (χ0) is 18.8. The molecule has 1 saturated carbocycles. The number of carbonyl (C=O) groups is 2. The highest BCUT2D eigenvalue weighted by Gasteiger charge is 2.42. The average molecular weight is 373 g/mol. The maximum absolute atomic E-state index is 13.1. The van der Waals surface area contributed by atoms with Gasteiger partial charge in [0.25, 0.3) is 0 Å². The van der Waals surface area contributed by atoms with Crippen molar-refractivity contribution >= 4 is 11.8 Å². The molecule has 2 aliphatic heterocycles. The molecule has 0 radical (unpaired) electrons. The van der Waals surface area contributed by atoms with Crippen LogP contribution in [0, 0.1) is 5.82 Å². The Kier molecular flexibility index (Phi) is 5.55. The summed E-state index contributed by atoms with van der Waals surface area (Å²) >= 11 is 0. The maximum Gasteiger partial charge on any atom is 0.247 e. The molecule has 0 spiro atoms. The second-order valence-corrected chi connectivity index (χ2v) is 8.03. The van der Waals surface area contributed by atoms with Crippen molar-refractivity contribution in [1.29, 1.82) is 0 Å². The monoisotopic (exact) mass is 373 g/mol. The van der Waals surface area contributed by atoms with Crippen LogP contribution < -0.4 is 0 Å². The molecule has 3 aliphatic rings. The summed E-state index contributed by atoms with van der Waals surface area (Å²) in [5.74, 6) is -0.536. The largest absolute Gasteiger partial charge is 0.298 e. The smallest absolute Gasteiger partial charge is 0.247 e. The van der Waals surface area contributed by atoms with Gasteiger partial charge in [-0.3, -0.25) is 24.3 Å². The van der Waals surface area contributed by atoms with Gasteiger partial charge < -0.3 is 0 Å². The number of imide groups is 1. The van der Waals surface area contributed by atoms with E-state index in [0.29, 0.717) is 6.04 Å². The fraction of sp³-hybridized carbons (Fsp3) is 0.619. The molecule has 3 fully saturated rings. The number of amides is 2. The molecule has 4 rings (SSSR count). The van der Waals surface area contributed by atoms with Gasteiger partial charge in [-0.2, -0.15) is 0 Å². The topological polar surface area (TPSA) is 43.9 Å². The lowest BCUT2D eigenvalue weighted by Gasteiger charge is -2.42. The lowest BCUT2D eigenvalue weighted by Crippen LogP contribution is -2.55. The third-order valence-electron chi connectivity index (χ3n) is 6.35. The number of likely N-dealkylation sites (tertiary alicyclic amines) is 1. The van der Waals surface area contributed by atoms with Gasteiger partial charge in [0.1, 0.15) is 5.82 Å². The summed E-state index contributed by atoms with van der Waals surface area (Å²) in [6.07, 6.45) is 6.89. The first kappa shape index (κ1) is 18.6. The average Bonchev–Trinajstić information content (AvgIpc) is 2.99. The summed E-state index contributed by atoms with van der Waals surface area (Å²) in [5, 5.41) is 0. The van der Waals surface area contributed by atoms with Gasteiger partial charge >= 0.3 is 0 Å². The Morgan fingerprint density at radius 1 is 0.889 bits per heavy atom. The molecule has 1 aromatic rings. The predicted molar refractivity (Wildman–Crippen MR) is 100 cm³/mol. The van der Waals surface area contributed by atoms with Crippen molar-refractivity contribution in [1.82, 2.24) is 14.7 Å². The van der Waals surface area contributed by atoms with Crippen molar-refractivity contribution < 1.29 is 14.0 Å². The highest BCUT2D eigenvalue weighted by atomic mass is 19.1. The molecule has 2 saturated heterocycles. The number of benzene rings is 1. The van der Waals surface area contributed by atoms with Gasteiger partial charge in [-0.25, -0.2) is 4.39 Å². The molecular formula is C21H28FN3O2. The van der Waals surface area contributed by atoms with E-state index in [-0.39, 0.29) is 36.6 Å². The van der Waals surface area contributed by atoms with Gasteiger partial charge in [-0.1, -0.05) is 31.4 Å². The van der Waals surface area contributed by atoms with Gasteiger partial charge in [-0.05, 0) is 30.5 Å². The van der Waals surface area contributed by atoms with E-state index in [0.717, 1.165) is 31.7 Å². The van der Waals surface area contributed by atoms with Crippen LogP contribution in [-0.4, -0.2) is 64.8 Å². The summed E-state index contributed by atoms with van der Waals surface area (Å²) in [6.45, 7) is 3.91. The highest BCUT2D eigenvalue weighted by Crippen LogP contribution is 2.26. The number of piperazine rings is 1. The van der Waals surface area contributed by atoms with Crippen molar-refractivity contribution in [2.45, 2.75) is 57.2 Å². The molecule has 0 unspecified atom stereocenters. The number of nitrogens with zero attached hydrogens (tertiary/aromatic N) is 3. The molecule has 146 valence electrons. The van der Waals surface area contributed by atoms with Crippen LogP contribution in [0.1, 0.15) is 44.1 Å². The molecule has 2 heterocycles. The number of carbonyl (C=O) groups excluding carboxylic acids is 2. The molecule has 1 aliphatic carbocycles. The number of rotatable bonds is 4. The Labute approximate surface area is 160 Å². The molecule has 1 atom stereocenters. The molecule has 0 aromatic heterocycles. The second-order valence-electron chi connectivity index (χ2n) is 8.03. The van der Waals surface area contributed by atoms with Gasteiger partial charge in [0, 0.05) is 32.2 Å². The highest BCUT2D eigenvalue weighted by molar-refractivity contribution is 6.05. The third-order valence-corrected chi connectivity index (χ3v) is 6.35. The fourth-order valence-corrected chi connectivity index (χ4v) is 4.75. The minimum atomic E-state index is -0.327. The maximum atomic E-state index is 13.1. The van der Waals surface area contributed by atoms with Crippen LogP contribution in [0.5, 0.6) is 0 Å². The van der Waals surface area contributed by atoms with E-state index in [1.807, 2.05) is 0 Å². The summed E-state index contributed by atoms with van der Waals surface area (Å²) < 4.78 is 13.1. The molecule has 6 heteroatoms. The van der Waals surface area contributed by atoms with Gasteiger partial charge in [0.2, 0.25) is 11.8 Å². The van der Waals surface area contributed by atoms with Crippen LogP contribution in [-0.2, 0) is 16.1 Å². The Morgan fingerprint density at radius 3 is 2.19 bits per heavy atom. The van der Waals surface area contributed by atoms with Crippen LogP contribution in [0.25, 0.3) is 0 Å². The molecule has 0 N–H and O–H groups in total. The van der Waals surface area contributed by atoms with E-state index >= 15 is 0 Å². The second kappa shape index (κ2) is 8.07. The number of hydrogen-bond acceptors (Lipinski definition) is 4. The normalized spacial score (nSPS) is 26.1.